The van der Waals surface area contributed by atoms with Crippen molar-refractivity contribution < 1.29 is 0 Å². The second-order valence-electron chi connectivity index (χ2n) is 7.13. The van der Waals surface area contributed by atoms with Gasteiger partial charge in [0.25, 0.3) is 0 Å². The highest BCUT2D eigenvalue weighted by molar-refractivity contribution is 5.40. The number of azo groups is 1. The normalized spacial score (nSPS) is 11.3. The Hall–Kier alpha value is -1.96. The lowest BCUT2D eigenvalue weighted by molar-refractivity contribution is 0.556. The molecule has 0 fully saturated rings. The molecule has 0 radical (unpaired) electrons. The molecule has 2 aromatic carbocycles. The molecular formula is C24H34N2. The van der Waals surface area contributed by atoms with Crippen molar-refractivity contribution in [2.75, 3.05) is 0 Å². The lowest BCUT2D eigenvalue weighted by atomic mass is 10.0. The molecule has 2 heteroatoms. The summed E-state index contributed by atoms with van der Waals surface area (Å²) in [4.78, 5) is 0. The predicted molar refractivity (Wildman–Crippen MR) is 113 cm³/mol. The van der Waals surface area contributed by atoms with Gasteiger partial charge in [-0.05, 0) is 42.7 Å². The third kappa shape index (κ3) is 8.94. The molecule has 0 aliphatic rings. The molecule has 0 unspecified atom stereocenters. The molecule has 0 bridgehead atoms. The number of hydrogen-bond donors (Lipinski definition) is 0. The van der Waals surface area contributed by atoms with Gasteiger partial charge in [-0.25, -0.2) is 0 Å². The average molecular weight is 351 g/mol. The summed E-state index contributed by atoms with van der Waals surface area (Å²) in [6.07, 6.45) is 15.1. The Morgan fingerprint density at radius 3 is 1.62 bits per heavy atom. The molecule has 0 amide bonds. The van der Waals surface area contributed by atoms with Crippen LogP contribution in [0.3, 0.4) is 0 Å². The van der Waals surface area contributed by atoms with Crippen molar-refractivity contribution in [2.24, 2.45) is 10.2 Å². The fourth-order valence-electron chi connectivity index (χ4n) is 3.16. The van der Waals surface area contributed by atoms with Crippen molar-refractivity contribution in [1.82, 2.24) is 0 Å². The van der Waals surface area contributed by atoms with Crippen molar-refractivity contribution in [2.45, 2.75) is 77.6 Å². The molecule has 26 heavy (non-hydrogen) atoms. The van der Waals surface area contributed by atoms with E-state index in [1.807, 2.05) is 30.3 Å². The number of hydrogen-bond acceptors (Lipinski definition) is 2. The molecule has 0 aromatic heterocycles. The quantitative estimate of drug-likeness (QED) is 0.255. The van der Waals surface area contributed by atoms with Gasteiger partial charge in [0.2, 0.25) is 0 Å². The van der Waals surface area contributed by atoms with E-state index in [1.165, 1.54) is 76.2 Å². The number of nitrogens with zero attached hydrogens (tertiary/aromatic N) is 2. The Morgan fingerprint density at radius 1 is 0.538 bits per heavy atom. The maximum atomic E-state index is 4.30. The van der Waals surface area contributed by atoms with E-state index in [2.05, 4.69) is 41.4 Å². The lowest BCUT2D eigenvalue weighted by Crippen LogP contribution is -1.86. The van der Waals surface area contributed by atoms with Gasteiger partial charge >= 0.3 is 0 Å². The van der Waals surface area contributed by atoms with Crippen LogP contribution in [-0.2, 0) is 6.42 Å². The van der Waals surface area contributed by atoms with Crippen LogP contribution in [0, 0.1) is 0 Å². The molecule has 0 aliphatic carbocycles. The Labute approximate surface area is 159 Å². The van der Waals surface area contributed by atoms with Crippen LogP contribution >= 0.6 is 0 Å². The second-order valence-corrected chi connectivity index (χ2v) is 7.13. The SMILES string of the molecule is CCCCCCCCCCCCc1ccc(/N=N/c2ccccc2)cc1. The molecule has 0 N–H and O–H groups in total. The van der Waals surface area contributed by atoms with Crippen LogP contribution < -0.4 is 0 Å². The second kappa shape index (κ2) is 13.3. The summed E-state index contributed by atoms with van der Waals surface area (Å²) in [5, 5.41) is 8.56. The van der Waals surface area contributed by atoms with Crippen molar-refractivity contribution in [1.29, 1.82) is 0 Å². The molecular weight excluding hydrogens is 316 g/mol. The van der Waals surface area contributed by atoms with Crippen LogP contribution in [0.25, 0.3) is 0 Å². The van der Waals surface area contributed by atoms with E-state index in [4.69, 9.17) is 0 Å². The first-order valence-corrected chi connectivity index (χ1v) is 10.4. The monoisotopic (exact) mass is 350 g/mol. The minimum Gasteiger partial charge on any atom is -0.151 e. The van der Waals surface area contributed by atoms with E-state index in [9.17, 15) is 0 Å². The largest absolute Gasteiger partial charge is 0.151 e. The van der Waals surface area contributed by atoms with Crippen LogP contribution in [-0.4, -0.2) is 0 Å². The van der Waals surface area contributed by atoms with E-state index in [-0.39, 0.29) is 0 Å². The van der Waals surface area contributed by atoms with Gasteiger partial charge in [0.15, 0.2) is 0 Å². The molecule has 0 atom stereocenters. The van der Waals surface area contributed by atoms with Gasteiger partial charge in [-0.15, -0.1) is 0 Å². The highest BCUT2D eigenvalue weighted by Crippen LogP contribution is 2.19. The van der Waals surface area contributed by atoms with E-state index < -0.39 is 0 Å². The highest BCUT2D eigenvalue weighted by Gasteiger charge is 1.96. The zero-order valence-electron chi connectivity index (χ0n) is 16.4. The van der Waals surface area contributed by atoms with Crippen LogP contribution in [0.5, 0.6) is 0 Å². The topological polar surface area (TPSA) is 24.7 Å². The molecule has 2 rings (SSSR count). The van der Waals surface area contributed by atoms with E-state index in [0.29, 0.717) is 0 Å². The Bertz CT molecular complexity index is 602. The first-order valence-electron chi connectivity index (χ1n) is 10.4. The van der Waals surface area contributed by atoms with Gasteiger partial charge in [-0.2, -0.15) is 10.2 Å². The van der Waals surface area contributed by atoms with Crippen LogP contribution in [0.2, 0.25) is 0 Å². The summed E-state index contributed by atoms with van der Waals surface area (Å²) in [6, 6.07) is 18.4. The van der Waals surface area contributed by atoms with Crippen LogP contribution in [0.1, 0.15) is 76.7 Å². The maximum absolute atomic E-state index is 4.30. The van der Waals surface area contributed by atoms with Crippen LogP contribution in [0.4, 0.5) is 11.4 Å². The first kappa shape index (κ1) is 20.4. The maximum Gasteiger partial charge on any atom is 0.0857 e. The van der Waals surface area contributed by atoms with Gasteiger partial charge in [0, 0.05) is 0 Å². The molecule has 0 saturated carbocycles. The average Bonchev–Trinajstić information content (AvgIpc) is 2.69. The van der Waals surface area contributed by atoms with E-state index in [0.717, 1.165) is 11.4 Å². The number of benzene rings is 2. The fraction of sp³-hybridized carbons (Fsp3) is 0.500. The summed E-state index contributed by atoms with van der Waals surface area (Å²) >= 11 is 0. The summed E-state index contributed by atoms with van der Waals surface area (Å²) in [5.74, 6) is 0. The predicted octanol–water partition coefficient (Wildman–Crippen LogP) is 8.57. The zero-order chi connectivity index (χ0) is 18.3. The molecule has 0 saturated heterocycles. The van der Waals surface area contributed by atoms with Crippen molar-refractivity contribution in [3.8, 4) is 0 Å². The van der Waals surface area contributed by atoms with Crippen LogP contribution in [0.15, 0.2) is 64.8 Å². The molecule has 0 heterocycles. The highest BCUT2D eigenvalue weighted by atomic mass is 15.1. The third-order valence-electron chi connectivity index (χ3n) is 4.79. The minimum absolute atomic E-state index is 0.891. The van der Waals surface area contributed by atoms with Crippen molar-refractivity contribution >= 4 is 11.4 Å². The first-order chi connectivity index (χ1) is 12.9. The molecule has 0 aliphatic heterocycles. The third-order valence-corrected chi connectivity index (χ3v) is 4.79. The Morgan fingerprint density at radius 2 is 1.04 bits per heavy atom. The summed E-state index contributed by atoms with van der Waals surface area (Å²) in [6.45, 7) is 2.28. The van der Waals surface area contributed by atoms with E-state index in [1.54, 1.807) is 0 Å². The fourth-order valence-corrected chi connectivity index (χ4v) is 3.16. The standard InChI is InChI=1S/C24H34N2/c1-2-3-4-5-6-7-8-9-10-12-15-22-18-20-24(21-19-22)26-25-23-16-13-11-14-17-23/h11,13-14,16-21H,2-10,12,15H2,1H3/b26-25+. The summed E-state index contributed by atoms with van der Waals surface area (Å²) in [7, 11) is 0. The molecule has 0 spiro atoms. The van der Waals surface area contributed by atoms with Gasteiger partial charge in [-0.1, -0.05) is 95.0 Å². The van der Waals surface area contributed by atoms with Crippen molar-refractivity contribution in [3.63, 3.8) is 0 Å². The molecule has 2 nitrogen and oxygen atoms in total. The smallest absolute Gasteiger partial charge is 0.0857 e. The number of unbranched alkanes of at least 4 members (excludes halogenated alkanes) is 9. The molecule has 2 aromatic rings. The summed E-state index contributed by atoms with van der Waals surface area (Å²) < 4.78 is 0. The van der Waals surface area contributed by atoms with Gasteiger partial charge in [0.1, 0.15) is 0 Å². The number of rotatable bonds is 13. The van der Waals surface area contributed by atoms with Crippen molar-refractivity contribution in [3.05, 3.63) is 60.2 Å². The summed E-state index contributed by atoms with van der Waals surface area (Å²) in [5.41, 5.74) is 3.21. The van der Waals surface area contributed by atoms with Gasteiger partial charge in [-0.3, -0.25) is 0 Å². The zero-order valence-corrected chi connectivity index (χ0v) is 16.4. The number of aryl methyl sites for hydroxylation is 1. The van der Waals surface area contributed by atoms with E-state index >= 15 is 0 Å². The minimum atomic E-state index is 0.891. The Kier molecular flexibility index (Phi) is 10.4. The lowest BCUT2D eigenvalue weighted by Gasteiger charge is -2.03. The van der Waals surface area contributed by atoms with Gasteiger partial charge < -0.3 is 0 Å². The Balaban J connectivity index is 1.56. The molecule has 140 valence electrons. The van der Waals surface area contributed by atoms with Gasteiger partial charge in [0.05, 0.1) is 11.4 Å².